The van der Waals surface area contributed by atoms with Gasteiger partial charge in [0.1, 0.15) is 11.5 Å². The molecule has 0 radical (unpaired) electrons. The van der Waals surface area contributed by atoms with Crippen LogP contribution in [0.4, 0.5) is 5.69 Å². The van der Waals surface area contributed by atoms with E-state index in [4.69, 9.17) is 0 Å². The summed E-state index contributed by atoms with van der Waals surface area (Å²) >= 11 is 0. The van der Waals surface area contributed by atoms with E-state index in [1.807, 2.05) is 121 Å². The molecule has 0 saturated carbocycles. The average molecular weight is 393 g/mol. The first-order chi connectivity index (χ1) is 14.7. The maximum absolute atomic E-state index is 13.6. The molecule has 4 aromatic carbocycles. The van der Waals surface area contributed by atoms with E-state index in [1.54, 1.807) is 0 Å². The first-order valence-electron chi connectivity index (χ1n) is 9.94. The van der Waals surface area contributed by atoms with Gasteiger partial charge in [-0.05, 0) is 28.8 Å². The van der Waals surface area contributed by atoms with Gasteiger partial charge >= 0.3 is 0 Å². The predicted molar refractivity (Wildman–Crippen MR) is 120 cm³/mol. The zero-order chi connectivity index (χ0) is 20.8. The van der Waals surface area contributed by atoms with Gasteiger partial charge in [0.05, 0.1) is 0 Å². The molecule has 30 heavy (non-hydrogen) atoms. The Hall–Kier alpha value is -3.69. The summed E-state index contributed by atoms with van der Waals surface area (Å²) < 4.78 is 0. The molecule has 1 amide bonds. The van der Waals surface area contributed by atoms with Crippen molar-refractivity contribution in [2.24, 2.45) is 0 Å². The molecular formula is C27H23NO2. The van der Waals surface area contributed by atoms with Crippen molar-refractivity contribution in [3.05, 3.63) is 138 Å². The lowest BCUT2D eigenvalue weighted by Gasteiger charge is -2.37. The molecule has 0 aliphatic carbocycles. The van der Waals surface area contributed by atoms with Crippen molar-refractivity contribution in [2.45, 2.75) is 11.5 Å². The minimum absolute atomic E-state index is 0.275. The topological polar surface area (TPSA) is 49.3 Å². The molecule has 0 heterocycles. The molecule has 0 spiro atoms. The number of hydrogen-bond donors (Lipinski definition) is 2. The molecule has 4 aromatic rings. The highest BCUT2D eigenvalue weighted by atomic mass is 16.3. The molecule has 2 N–H and O–H groups in total. The van der Waals surface area contributed by atoms with Crippen molar-refractivity contribution in [1.82, 2.24) is 0 Å². The largest absolute Gasteiger partial charge is 0.379 e. The molecule has 3 nitrogen and oxygen atoms in total. The molecular weight excluding hydrogens is 370 g/mol. The fourth-order valence-corrected chi connectivity index (χ4v) is 3.85. The number of nitrogens with one attached hydrogen (secondary N) is 1. The van der Waals surface area contributed by atoms with E-state index in [-0.39, 0.29) is 5.91 Å². The third-order valence-corrected chi connectivity index (χ3v) is 5.28. The lowest BCUT2D eigenvalue weighted by Crippen LogP contribution is -2.41. The van der Waals surface area contributed by atoms with E-state index in [9.17, 15) is 9.90 Å². The smallest absolute Gasteiger partial charge is 0.235 e. The normalized spacial score (nSPS) is 12.2. The number of benzene rings is 4. The Balaban J connectivity index is 1.89. The Morgan fingerprint density at radius 3 is 1.50 bits per heavy atom. The van der Waals surface area contributed by atoms with Crippen LogP contribution in [0.15, 0.2) is 121 Å². The minimum Gasteiger partial charge on any atom is -0.379 e. The van der Waals surface area contributed by atoms with Gasteiger partial charge in [-0.3, -0.25) is 4.79 Å². The summed E-state index contributed by atoms with van der Waals surface area (Å²) in [6.07, 6.45) is 0. The third kappa shape index (κ3) is 3.88. The Bertz CT molecular complexity index is 1040. The van der Waals surface area contributed by atoms with Crippen LogP contribution in [0.3, 0.4) is 0 Å². The molecule has 148 valence electrons. The fraction of sp³-hybridized carbons (Fsp3) is 0.0741. The standard InChI is InChI=1S/C27H23NO2/c29-26(28-24-19-11-4-12-20-24)25(21-13-5-1-6-14-21)27(30,22-15-7-2-8-16-22)23-17-9-3-10-18-23/h1-20,25,30H,(H,28,29). The fourth-order valence-electron chi connectivity index (χ4n) is 3.85. The van der Waals surface area contributed by atoms with Gasteiger partial charge < -0.3 is 10.4 Å². The van der Waals surface area contributed by atoms with Crippen LogP contribution in [0.2, 0.25) is 0 Å². The van der Waals surface area contributed by atoms with E-state index in [2.05, 4.69) is 5.32 Å². The van der Waals surface area contributed by atoms with Gasteiger partial charge in [0.25, 0.3) is 0 Å². The summed E-state index contributed by atoms with van der Waals surface area (Å²) in [5.41, 5.74) is 1.19. The highest BCUT2D eigenvalue weighted by Gasteiger charge is 2.45. The second kappa shape index (κ2) is 8.76. The summed E-state index contributed by atoms with van der Waals surface area (Å²) in [5.74, 6) is -1.13. The van der Waals surface area contributed by atoms with Crippen LogP contribution < -0.4 is 5.32 Å². The highest BCUT2D eigenvalue weighted by molar-refractivity contribution is 5.97. The second-order valence-electron chi connectivity index (χ2n) is 7.20. The average Bonchev–Trinajstić information content (AvgIpc) is 2.81. The van der Waals surface area contributed by atoms with Crippen LogP contribution in [0.5, 0.6) is 0 Å². The first kappa shape index (κ1) is 19.6. The summed E-state index contributed by atoms with van der Waals surface area (Å²) in [6, 6.07) is 37.5. The van der Waals surface area contributed by atoms with E-state index in [1.165, 1.54) is 0 Å². The van der Waals surface area contributed by atoms with Crippen molar-refractivity contribution in [3.8, 4) is 0 Å². The predicted octanol–water partition coefficient (Wildman–Crippen LogP) is 5.35. The lowest BCUT2D eigenvalue weighted by molar-refractivity contribution is -0.122. The number of carbonyl (C=O) groups excluding carboxylic acids is 1. The summed E-state index contributed by atoms with van der Waals surface area (Å²) in [4.78, 5) is 13.6. The quantitative estimate of drug-likeness (QED) is 0.464. The van der Waals surface area contributed by atoms with Crippen molar-refractivity contribution < 1.29 is 9.90 Å². The van der Waals surface area contributed by atoms with E-state index in [0.29, 0.717) is 16.8 Å². The Morgan fingerprint density at radius 2 is 1.03 bits per heavy atom. The van der Waals surface area contributed by atoms with Crippen molar-refractivity contribution in [3.63, 3.8) is 0 Å². The Morgan fingerprint density at radius 1 is 0.633 bits per heavy atom. The lowest BCUT2D eigenvalue weighted by atomic mass is 9.72. The van der Waals surface area contributed by atoms with Crippen LogP contribution in [0, 0.1) is 0 Å². The monoisotopic (exact) mass is 393 g/mol. The zero-order valence-corrected chi connectivity index (χ0v) is 16.5. The van der Waals surface area contributed by atoms with Crippen LogP contribution in [0.25, 0.3) is 0 Å². The Labute approximate surface area is 176 Å². The van der Waals surface area contributed by atoms with Crippen LogP contribution in [-0.2, 0) is 10.4 Å². The number of para-hydroxylation sites is 1. The number of amides is 1. The number of hydrogen-bond acceptors (Lipinski definition) is 2. The molecule has 4 rings (SSSR count). The van der Waals surface area contributed by atoms with Crippen molar-refractivity contribution in [1.29, 1.82) is 0 Å². The SMILES string of the molecule is O=C(Nc1ccccc1)C(c1ccccc1)C(O)(c1ccccc1)c1ccccc1. The van der Waals surface area contributed by atoms with Gasteiger partial charge in [-0.25, -0.2) is 0 Å². The van der Waals surface area contributed by atoms with Gasteiger partial charge in [0, 0.05) is 5.69 Å². The van der Waals surface area contributed by atoms with Gasteiger partial charge in [-0.1, -0.05) is 109 Å². The van der Waals surface area contributed by atoms with E-state index in [0.717, 1.165) is 5.56 Å². The maximum Gasteiger partial charge on any atom is 0.235 e. The van der Waals surface area contributed by atoms with E-state index < -0.39 is 11.5 Å². The number of aliphatic hydroxyl groups is 1. The molecule has 0 fully saturated rings. The molecule has 0 saturated heterocycles. The summed E-state index contributed by atoms with van der Waals surface area (Å²) in [7, 11) is 0. The molecule has 0 bridgehead atoms. The molecule has 0 aliphatic rings. The Kier molecular flexibility index (Phi) is 5.73. The molecule has 0 aliphatic heterocycles. The maximum atomic E-state index is 13.6. The molecule has 1 unspecified atom stereocenters. The highest BCUT2D eigenvalue weighted by Crippen LogP contribution is 2.43. The molecule has 3 heteroatoms. The van der Waals surface area contributed by atoms with E-state index >= 15 is 0 Å². The zero-order valence-electron chi connectivity index (χ0n) is 16.5. The van der Waals surface area contributed by atoms with Crippen LogP contribution in [0.1, 0.15) is 22.6 Å². The number of anilines is 1. The minimum atomic E-state index is -1.55. The number of carbonyl (C=O) groups is 1. The van der Waals surface area contributed by atoms with Crippen molar-refractivity contribution >= 4 is 11.6 Å². The van der Waals surface area contributed by atoms with Gasteiger partial charge in [-0.2, -0.15) is 0 Å². The van der Waals surface area contributed by atoms with Gasteiger partial charge in [0.2, 0.25) is 5.91 Å². The van der Waals surface area contributed by atoms with Crippen LogP contribution in [-0.4, -0.2) is 11.0 Å². The summed E-state index contributed by atoms with van der Waals surface area (Å²) in [6.45, 7) is 0. The van der Waals surface area contributed by atoms with Crippen molar-refractivity contribution in [2.75, 3.05) is 5.32 Å². The third-order valence-electron chi connectivity index (χ3n) is 5.28. The molecule has 0 aromatic heterocycles. The summed E-state index contributed by atoms with van der Waals surface area (Å²) in [5, 5.41) is 15.2. The molecule has 1 atom stereocenters. The first-order valence-corrected chi connectivity index (χ1v) is 9.94. The van der Waals surface area contributed by atoms with Crippen LogP contribution >= 0.6 is 0 Å². The van der Waals surface area contributed by atoms with Gasteiger partial charge in [-0.15, -0.1) is 0 Å². The van der Waals surface area contributed by atoms with Gasteiger partial charge in [0.15, 0.2) is 0 Å². The second-order valence-corrected chi connectivity index (χ2v) is 7.20. The number of rotatable bonds is 6.